The lowest BCUT2D eigenvalue weighted by Crippen LogP contribution is -2.33. The summed E-state index contributed by atoms with van der Waals surface area (Å²) < 4.78 is 27.8. The van der Waals surface area contributed by atoms with Gasteiger partial charge >= 0.3 is 0 Å². The van der Waals surface area contributed by atoms with Crippen molar-refractivity contribution in [3.8, 4) is 0 Å². The summed E-state index contributed by atoms with van der Waals surface area (Å²) in [4.78, 5) is 0.0662. The van der Waals surface area contributed by atoms with Crippen LogP contribution in [0, 0.1) is 0 Å². The minimum absolute atomic E-state index is 0.00210. The van der Waals surface area contributed by atoms with E-state index >= 15 is 0 Å². The molecule has 0 aliphatic heterocycles. The third-order valence-corrected chi connectivity index (χ3v) is 5.93. The molecule has 0 atom stereocenters. The summed E-state index contributed by atoms with van der Waals surface area (Å²) in [5.74, 6) is 0. The molecule has 2 rings (SSSR count). The highest BCUT2D eigenvalue weighted by Gasteiger charge is 2.26. The van der Waals surface area contributed by atoms with Crippen LogP contribution >= 0.6 is 23.2 Å². The number of nitrogens with one attached hydrogen (secondary N) is 2. The average molecular weight is 351 g/mol. The number of hydrogen-bond donors (Lipinski definition) is 2. The Bertz CT molecular complexity index is 599. The zero-order valence-electron chi connectivity index (χ0n) is 12.0. The van der Waals surface area contributed by atoms with Gasteiger partial charge in [0.1, 0.15) is 4.90 Å². The maximum absolute atomic E-state index is 12.5. The van der Waals surface area contributed by atoms with Crippen LogP contribution in [0.2, 0.25) is 10.0 Å². The third kappa shape index (κ3) is 4.33. The standard InChI is InChI=1S/C14H20Cl2N2O2S/c1-2-17-9-10-7-11(15)8-13(14(10)16)21(19,20)18-12-5-3-4-6-12/h7-8,12,17-18H,2-6,9H2,1H3. The van der Waals surface area contributed by atoms with Crippen molar-refractivity contribution in [2.24, 2.45) is 0 Å². The highest BCUT2D eigenvalue weighted by molar-refractivity contribution is 7.89. The van der Waals surface area contributed by atoms with Gasteiger partial charge in [-0.25, -0.2) is 13.1 Å². The van der Waals surface area contributed by atoms with Crippen LogP contribution < -0.4 is 10.0 Å². The largest absolute Gasteiger partial charge is 0.313 e. The summed E-state index contributed by atoms with van der Waals surface area (Å²) in [6.07, 6.45) is 3.87. The summed E-state index contributed by atoms with van der Waals surface area (Å²) in [7, 11) is -3.64. The number of sulfonamides is 1. The Morgan fingerprint density at radius 2 is 1.90 bits per heavy atom. The van der Waals surface area contributed by atoms with Gasteiger partial charge in [0.25, 0.3) is 0 Å². The lowest BCUT2D eigenvalue weighted by molar-refractivity contribution is 0.552. The highest BCUT2D eigenvalue weighted by atomic mass is 35.5. The van der Waals surface area contributed by atoms with Crippen LogP contribution in [0.15, 0.2) is 17.0 Å². The molecule has 7 heteroatoms. The summed E-state index contributed by atoms with van der Waals surface area (Å²) in [5, 5.41) is 3.74. The molecule has 4 nitrogen and oxygen atoms in total. The van der Waals surface area contributed by atoms with Crippen LogP contribution in [0.1, 0.15) is 38.2 Å². The van der Waals surface area contributed by atoms with Crippen molar-refractivity contribution in [2.45, 2.75) is 50.1 Å². The molecular formula is C14H20Cl2N2O2S. The predicted octanol–water partition coefficient (Wildman–Crippen LogP) is 3.32. The maximum Gasteiger partial charge on any atom is 0.242 e. The van der Waals surface area contributed by atoms with E-state index in [-0.39, 0.29) is 16.0 Å². The van der Waals surface area contributed by atoms with Crippen molar-refractivity contribution < 1.29 is 8.42 Å². The van der Waals surface area contributed by atoms with Crippen LogP contribution in [0.4, 0.5) is 0 Å². The second kappa shape index (κ2) is 7.29. The first-order valence-electron chi connectivity index (χ1n) is 7.15. The zero-order valence-corrected chi connectivity index (χ0v) is 14.3. The second-order valence-electron chi connectivity index (χ2n) is 5.26. The van der Waals surface area contributed by atoms with Gasteiger partial charge in [0.15, 0.2) is 0 Å². The van der Waals surface area contributed by atoms with Crippen LogP contribution in [0.3, 0.4) is 0 Å². The fourth-order valence-electron chi connectivity index (χ4n) is 2.53. The Hall–Kier alpha value is -0.330. The zero-order chi connectivity index (χ0) is 15.5. The lowest BCUT2D eigenvalue weighted by Gasteiger charge is -2.15. The first-order chi connectivity index (χ1) is 9.94. The molecule has 0 saturated heterocycles. The molecule has 1 aromatic carbocycles. The monoisotopic (exact) mass is 350 g/mol. The first-order valence-corrected chi connectivity index (χ1v) is 9.39. The minimum atomic E-state index is -3.64. The summed E-state index contributed by atoms with van der Waals surface area (Å²) in [6.45, 7) is 3.23. The van der Waals surface area contributed by atoms with Crippen molar-refractivity contribution in [3.05, 3.63) is 27.7 Å². The van der Waals surface area contributed by atoms with E-state index in [0.29, 0.717) is 17.1 Å². The quantitative estimate of drug-likeness (QED) is 0.827. The number of halogens is 2. The molecule has 0 radical (unpaired) electrons. The maximum atomic E-state index is 12.5. The van der Waals surface area contributed by atoms with Crippen LogP contribution in [0.25, 0.3) is 0 Å². The molecule has 1 aliphatic carbocycles. The first kappa shape index (κ1) is 17.0. The van der Waals surface area contributed by atoms with Gasteiger partial charge in [-0.3, -0.25) is 0 Å². The molecule has 2 N–H and O–H groups in total. The van der Waals surface area contributed by atoms with Gasteiger partial charge in [-0.15, -0.1) is 0 Å². The van der Waals surface area contributed by atoms with Crippen molar-refractivity contribution in [3.63, 3.8) is 0 Å². The van der Waals surface area contributed by atoms with E-state index in [0.717, 1.165) is 32.2 Å². The second-order valence-corrected chi connectivity index (χ2v) is 7.76. The minimum Gasteiger partial charge on any atom is -0.313 e. The summed E-state index contributed by atoms with van der Waals surface area (Å²) in [6, 6.07) is 3.11. The number of hydrogen-bond acceptors (Lipinski definition) is 3. The number of rotatable bonds is 6. The van der Waals surface area contributed by atoms with Crippen LogP contribution in [-0.2, 0) is 16.6 Å². The Morgan fingerprint density at radius 1 is 1.24 bits per heavy atom. The Kier molecular flexibility index (Phi) is 5.91. The van der Waals surface area contributed by atoms with Gasteiger partial charge < -0.3 is 5.32 Å². The highest BCUT2D eigenvalue weighted by Crippen LogP contribution is 2.30. The van der Waals surface area contributed by atoms with Crippen molar-refractivity contribution in [1.29, 1.82) is 0 Å². The smallest absolute Gasteiger partial charge is 0.242 e. The summed E-state index contributed by atoms with van der Waals surface area (Å²) >= 11 is 12.3. The molecule has 0 heterocycles. The van der Waals surface area contributed by atoms with E-state index in [1.165, 1.54) is 6.07 Å². The van der Waals surface area contributed by atoms with E-state index in [1.54, 1.807) is 6.07 Å². The molecule has 118 valence electrons. The molecular weight excluding hydrogens is 331 g/mol. The van der Waals surface area contributed by atoms with Crippen molar-refractivity contribution >= 4 is 33.2 Å². The van der Waals surface area contributed by atoms with Crippen molar-refractivity contribution in [1.82, 2.24) is 10.0 Å². The van der Waals surface area contributed by atoms with Gasteiger partial charge in [0, 0.05) is 17.6 Å². The van der Waals surface area contributed by atoms with E-state index < -0.39 is 10.0 Å². The number of benzene rings is 1. The Morgan fingerprint density at radius 3 is 2.52 bits per heavy atom. The van der Waals surface area contributed by atoms with E-state index in [4.69, 9.17) is 23.2 Å². The molecule has 0 aromatic heterocycles. The summed E-state index contributed by atoms with van der Waals surface area (Å²) in [5.41, 5.74) is 0.692. The molecule has 1 aliphatic rings. The average Bonchev–Trinajstić information content (AvgIpc) is 2.91. The van der Waals surface area contributed by atoms with Crippen molar-refractivity contribution in [2.75, 3.05) is 6.54 Å². The van der Waals surface area contributed by atoms with E-state index in [1.807, 2.05) is 6.92 Å². The fraction of sp³-hybridized carbons (Fsp3) is 0.571. The molecule has 0 bridgehead atoms. The fourth-order valence-corrected chi connectivity index (χ4v) is 4.77. The molecule has 0 unspecified atom stereocenters. The Labute approximate surface area is 136 Å². The Balaban J connectivity index is 2.30. The van der Waals surface area contributed by atoms with Gasteiger partial charge in [0.2, 0.25) is 10.0 Å². The predicted molar refractivity (Wildman–Crippen MR) is 86.4 cm³/mol. The topological polar surface area (TPSA) is 58.2 Å². The van der Waals surface area contributed by atoms with Gasteiger partial charge in [-0.2, -0.15) is 0 Å². The molecule has 1 fully saturated rings. The van der Waals surface area contributed by atoms with Crippen LogP contribution in [-0.4, -0.2) is 21.0 Å². The van der Waals surface area contributed by atoms with Crippen LogP contribution in [0.5, 0.6) is 0 Å². The molecule has 1 aromatic rings. The SMILES string of the molecule is CCNCc1cc(Cl)cc(S(=O)(=O)NC2CCCC2)c1Cl. The molecule has 21 heavy (non-hydrogen) atoms. The normalized spacial score (nSPS) is 16.5. The molecule has 0 spiro atoms. The lowest BCUT2D eigenvalue weighted by atomic mass is 10.2. The van der Waals surface area contributed by atoms with E-state index in [9.17, 15) is 8.42 Å². The van der Waals surface area contributed by atoms with E-state index in [2.05, 4.69) is 10.0 Å². The van der Waals surface area contributed by atoms with Gasteiger partial charge in [-0.1, -0.05) is 43.0 Å². The van der Waals surface area contributed by atoms with Gasteiger partial charge in [0.05, 0.1) is 5.02 Å². The molecule has 1 saturated carbocycles. The molecule has 0 amide bonds. The van der Waals surface area contributed by atoms with Gasteiger partial charge in [-0.05, 0) is 37.1 Å². The third-order valence-electron chi connectivity index (χ3n) is 3.61.